The molecule has 2 aromatic carbocycles. The maximum atomic E-state index is 13.3. The molecular weight excluding hydrogens is 360 g/mol. The van der Waals surface area contributed by atoms with Crippen molar-refractivity contribution in [1.29, 1.82) is 0 Å². The summed E-state index contributed by atoms with van der Waals surface area (Å²) in [5, 5.41) is 3.99. The molecule has 5 heteroatoms. The van der Waals surface area contributed by atoms with Crippen molar-refractivity contribution in [2.24, 2.45) is 0 Å². The molecule has 2 rings (SSSR count). The molecule has 0 saturated carbocycles. The summed E-state index contributed by atoms with van der Waals surface area (Å²) in [6.45, 7) is 3.88. The van der Waals surface area contributed by atoms with Crippen LogP contribution in [0.15, 0.2) is 40.9 Å². The molecule has 0 fully saturated rings. The predicted molar refractivity (Wildman–Crippen MR) is 85.5 cm³/mol. The fraction of sp³-hybridized carbons (Fsp3) is 0.250. The van der Waals surface area contributed by atoms with Crippen molar-refractivity contribution in [3.8, 4) is 0 Å². The van der Waals surface area contributed by atoms with Crippen LogP contribution in [-0.4, -0.2) is 0 Å². The zero-order chi connectivity index (χ0) is 15.6. The number of benzene rings is 2. The molecule has 0 radical (unpaired) electrons. The first kappa shape index (κ1) is 16.4. The van der Waals surface area contributed by atoms with E-state index >= 15 is 0 Å². The lowest BCUT2D eigenvalue weighted by Crippen LogP contribution is -2.23. The van der Waals surface area contributed by atoms with Crippen molar-refractivity contribution in [3.05, 3.63) is 68.7 Å². The highest BCUT2D eigenvalue weighted by molar-refractivity contribution is 9.10. The Morgan fingerprint density at radius 1 is 1.00 bits per heavy atom. The zero-order valence-electron chi connectivity index (χ0n) is 11.6. The van der Waals surface area contributed by atoms with E-state index < -0.39 is 11.6 Å². The maximum absolute atomic E-state index is 13.3. The predicted octanol–water partition coefficient (Wildman–Crippen LogP) is 5.79. The minimum atomic E-state index is -0.838. The van der Waals surface area contributed by atoms with E-state index in [1.54, 1.807) is 6.07 Å². The van der Waals surface area contributed by atoms with Crippen molar-refractivity contribution in [2.75, 3.05) is 0 Å². The standard InChI is InChI=1S/C16H15BrClF2N/c1-9(11-3-6-15(19)16(20)7-11)21-10(2)13-5-4-12(17)8-14(13)18/h3-10,21H,1-2H3. The Hall–Kier alpha value is -0.970. The van der Waals surface area contributed by atoms with Gasteiger partial charge in [-0.2, -0.15) is 0 Å². The Balaban J connectivity index is 2.14. The van der Waals surface area contributed by atoms with Crippen LogP contribution < -0.4 is 5.32 Å². The van der Waals surface area contributed by atoms with Crippen molar-refractivity contribution >= 4 is 27.5 Å². The number of halogens is 4. The minimum Gasteiger partial charge on any atom is -0.304 e. The average Bonchev–Trinajstić information content (AvgIpc) is 2.41. The second-order valence-electron chi connectivity index (χ2n) is 4.95. The molecule has 1 nitrogen and oxygen atoms in total. The molecule has 0 heterocycles. The highest BCUT2D eigenvalue weighted by Gasteiger charge is 2.15. The zero-order valence-corrected chi connectivity index (χ0v) is 14.0. The van der Waals surface area contributed by atoms with E-state index in [9.17, 15) is 8.78 Å². The van der Waals surface area contributed by atoms with Crippen LogP contribution in [0.2, 0.25) is 5.02 Å². The van der Waals surface area contributed by atoms with Gasteiger partial charge in [-0.05, 0) is 49.2 Å². The first-order valence-electron chi connectivity index (χ1n) is 6.54. The first-order valence-corrected chi connectivity index (χ1v) is 7.71. The molecule has 0 bridgehead atoms. The maximum Gasteiger partial charge on any atom is 0.159 e. The van der Waals surface area contributed by atoms with Gasteiger partial charge in [0.2, 0.25) is 0 Å². The summed E-state index contributed by atoms with van der Waals surface area (Å²) in [6, 6.07) is 9.46. The lowest BCUT2D eigenvalue weighted by Gasteiger charge is -2.22. The third-order valence-electron chi connectivity index (χ3n) is 3.37. The van der Waals surface area contributed by atoms with Gasteiger partial charge >= 0.3 is 0 Å². The third kappa shape index (κ3) is 4.02. The van der Waals surface area contributed by atoms with Crippen LogP contribution in [0.25, 0.3) is 0 Å². The Labute approximate surface area is 136 Å². The van der Waals surface area contributed by atoms with E-state index in [0.29, 0.717) is 10.6 Å². The number of hydrogen-bond donors (Lipinski definition) is 1. The molecule has 0 aliphatic rings. The van der Waals surface area contributed by atoms with Crippen LogP contribution in [0.4, 0.5) is 8.78 Å². The van der Waals surface area contributed by atoms with Crippen LogP contribution >= 0.6 is 27.5 Å². The molecule has 2 unspecified atom stereocenters. The highest BCUT2D eigenvalue weighted by atomic mass is 79.9. The van der Waals surface area contributed by atoms with Crippen LogP contribution in [-0.2, 0) is 0 Å². The van der Waals surface area contributed by atoms with Gasteiger partial charge in [0.15, 0.2) is 11.6 Å². The molecule has 0 amide bonds. The lowest BCUT2D eigenvalue weighted by molar-refractivity contribution is 0.480. The van der Waals surface area contributed by atoms with Gasteiger partial charge in [-0.15, -0.1) is 0 Å². The minimum absolute atomic E-state index is 0.0197. The second kappa shape index (κ2) is 6.86. The van der Waals surface area contributed by atoms with Crippen molar-refractivity contribution in [2.45, 2.75) is 25.9 Å². The lowest BCUT2D eigenvalue weighted by atomic mass is 10.0. The topological polar surface area (TPSA) is 12.0 Å². The summed E-state index contributed by atoms with van der Waals surface area (Å²) < 4.78 is 27.2. The van der Waals surface area contributed by atoms with Crippen LogP contribution in [0.3, 0.4) is 0 Å². The van der Waals surface area contributed by atoms with Crippen molar-refractivity contribution < 1.29 is 8.78 Å². The molecule has 0 spiro atoms. The largest absolute Gasteiger partial charge is 0.304 e. The van der Waals surface area contributed by atoms with Gasteiger partial charge in [0.1, 0.15) is 0 Å². The monoisotopic (exact) mass is 373 g/mol. The smallest absolute Gasteiger partial charge is 0.159 e. The molecule has 21 heavy (non-hydrogen) atoms. The van der Waals surface area contributed by atoms with Gasteiger partial charge in [-0.1, -0.05) is 39.7 Å². The number of nitrogens with one attached hydrogen (secondary N) is 1. The van der Waals surface area contributed by atoms with Crippen molar-refractivity contribution in [1.82, 2.24) is 5.32 Å². The van der Waals surface area contributed by atoms with E-state index in [4.69, 9.17) is 11.6 Å². The summed E-state index contributed by atoms with van der Waals surface area (Å²) in [4.78, 5) is 0. The van der Waals surface area contributed by atoms with Gasteiger partial charge in [0.05, 0.1) is 0 Å². The van der Waals surface area contributed by atoms with E-state index in [1.807, 2.05) is 32.0 Å². The Morgan fingerprint density at radius 3 is 2.33 bits per heavy atom. The molecule has 112 valence electrons. The Morgan fingerprint density at radius 2 is 1.71 bits per heavy atom. The van der Waals surface area contributed by atoms with Gasteiger partial charge < -0.3 is 5.32 Å². The van der Waals surface area contributed by atoms with Crippen molar-refractivity contribution in [3.63, 3.8) is 0 Å². The molecule has 2 aromatic rings. The van der Waals surface area contributed by atoms with Gasteiger partial charge in [-0.25, -0.2) is 8.78 Å². The molecule has 0 saturated heterocycles. The quantitative estimate of drug-likeness (QED) is 0.714. The normalized spacial score (nSPS) is 14.0. The average molecular weight is 375 g/mol. The van der Waals surface area contributed by atoms with Crippen LogP contribution in [0.1, 0.15) is 37.1 Å². The fourth-order valence-corrected chi connectivity index (χ4v) is 3.03. The number of hydrogen-bond acceptors (Lipinski definition) is 1. The Bertz CT molecular complexity index is 648. The molecule has 1 N–H and O–H groups in total. The Kier molecular flexibility index (Phi) is 5.36. The summed E-state index contributed by atoms with van der Waals surface area (Å²) in [7, 11) is 0. The first-order chi connectivity index (χ1) is 9.88. The molecule has 0 aromatic heterocycles. The molecular formula is C16H15BrClF2N. The van der Waals surface area contributed by atoms with E-state index in [0.717, 1.165) is 16.1 Å². The SMILES string of the molecule is CC(NC(C)c1ccc(Br)cc1Cl)c1ccc(F)c(F)c1. The van der Waals surface area contributed by atoms with E-state index in [1.165, 1.54) is 6.07 Å². The fourth-order valence-electron chi connectivity index (χ4n) is 2.20. The van der Waals surface area contributed by atoms with Gasteiger partial charge in [0, 0.05) is 21.6 Å². The van der Waals surface area contributed by atoms with E-state index in [-0.39, 0.29) is 12.1 Å². The second-order valence-corrected chi connectivity index (χ2v) is 6.27. The summed E-state index contributed by atoms with van der Waals surface area (Å²) in [6.07, 6.45) is 0. The molecule has 0 aliphatic heterocycles. The highest BCUT2D eigenvalue weighted by Crippen LogP contribution is 2.28. The van der Waals surface area contributed by atoms with Crippen LogP contribution in [0.5, 0.6) is 0 Å². The summed E-state index contributed by atoms with van der Waals surface area (Å²) in [5.41, 5.74) is 1.64. The van der Waals surface area contributed by atoms with E-state index in [2.05, 4.69) is 21.2 Å². The number of rotatable bonds is 4. The molecule has 2 atom stereocenters. The summed E-state index contributed by atoms with van der Waals surface area (Å²) in [5.74, 6) is -1.68. The third-order valence-corrected chi connectivity index (χ3v) is 4.19. The van der Waals surface area contributed by atoms with Gasteiger partial charge in [0.25, 0.3) is 0 Å². The van der Waals surface area contributed by atoms with Crippen LogP contribution in [0, 0.1) is 11.6 Å². The molecule has 0 aliphatic carbocycles. The van der Waals surface area contributed by atoms with Gasteiger partial charge in [-0.3, -0.25) is 0 Å². The summed E-state index contributed by atoms with van der Waals surface area (Å²) >= 11 is 9.59.